The molecule has 2 unspecified atom stereocenters. The molecule has 0 saturated carbocycles. The molecule has 1 aromatic rings. The molecule has 0 spiro atoms. The lowest BCUT2D eigenvalue weighted by Crippen LogP contribution is -2.18. The Morgan fingerprint density at radius 2 is 2.15 bits per heavy atom. The van der Waals surface area contributed by atoms with Gasteiger partial charge in [0.15, 0.2) is 9.84 Å². The van der Waals surface area contributed by atoms with Crippen LogP contribution in [0.4, 0.5) is 5.69 Å². The molecule has 0 aliphatic carbocycles. The molecule has 2 N–H and O–H groups in total. The van der Waals surface area contributed by atoms with E-state index in [0.717, 1.165) is 0 Å². The van der Waals surface area contributed by atoms with Gasteiger partial charge in [-0.3, -0.25) is 4.79 Å². The van der Waals surface area contributed by atoms with Crippen LogP contribution in [0.2, 0.25) is 0 Å². The molecule has 0 aromatic heterocycles. The highest BCUT2D eigenvalue weighted by molar-refractivity contribution is 7.91. The number of aliphatic hydroxyl groups is 1. The average Bonchev–Trinajstić information content (AvgIpc) is 2.68. The molecule has 1 fully saturated rings. The first-order valence-electron chi connectivity index (χ1n) is 6.64. The van der Waals surface area contributed by atoms with Crippen LogP contribution in [0.25, 0.3) is 0 Å². The highest BCUT2D eigenvalue weighted by Crippen LogP contribution is 2.25. The summed E-state index contributed by atoms with van der Waals surface area (Å²) in [5.74, 6) is -0.0351. The molecular weight excluding hydrogens is 278 g/mol. The fourth-order valence-electron chi connectivity index (χ4n) is 2.47. The van der Waals surface area contributed by atoms with Gasteiger partial charge in [-0.25, -0.2) is 8.42 Å². The van der Waals surface area contributed by atoms with Crippen molar-refractivity contribution < 1.29 is 18.3 Å². The molecule has 1 aromatic carbocycles. The van der Waals surface area contributed by atoms with E-state index >= 15 is 0 Å². The van der Waals surface area contributed by atoms with E-state index in [1.807, 2.05) is 0 Å². The number of para-hydroxylation sites is 1. The zero-order chi connectivity index (χ0) is 14.8. The Morgan fingerprint density at radius 1 is 1.45 bits per heavy atom. The van der Waals surface area contributed by atoms with Crippen LogP contribution in [0, 0.1) is 5.92 Å². The lowest BCUT2D eigenvalue weighted by Gasteiger charge is -2.14. The van der Waals surface area contributed by atoms with Gasteiger partial charge < -0.3 is 10.4 Å². The third-order valence-electron chi connectivity index (χ3n) is 3.49. The third-order valence-corrected chi connectivity index (χ3v) is 5.32. The van der Waals surface area contributed by atoms with Gasteiger partial charge in [0.05, 0.1) is 17.6 Å². The largest absolute Gasteiger partial charge is 0.389 e. The van der Waals surface area contributed by atoms with E-state index in [2.05, 4.69) is 5.32 Å². The molecule has 1 saturated heterocycles. The highest BCUT2D eigenvalue weighted by atomic mass is 32.2. The van der Waals surface area contributed by atoms with Gasteiger partial charge >= 0.3 is 0 Å². The Kier molecular flexibility index (Phi) is 4.45. The number of amides is 1. The van der Waals surface area contributed by atoms with Gasteiger partial charge in [0.25, 0.3) is 0 Å². The second kappa shape index (κ2) is 5.93. The summed E-state index contributed by atoms with van der Waals surface area (Å²) in [5, 5.41) is 12.4. The maximum atomic E-state index is 12.0. The molecule has 2 atom stereocenters. The quantitative estimate of drug-likeness (QED) is 0.882. The first-order valence-corrected chi connectivity index (χ1v) is 8.47. The minimum absolute atomic E-state index is 0.0957. The zero-order valence-electron chi connectivity index (χ0n) is 11.4. The Hall–Kier alpha value is -1.40. The number of rotatable bonds is 4. The van der Waals surface area contributed by atoms with E-state index in [9.17, 15) is 18.3 Å². The fourth-order valence-corrected chi connectivity index (χ4v) is 4.33. The van der Waals surface area contributed by atoms with Gasteiger partial charge in [-0.1, -0.05) is 18.2 Å². The molecule has 0 bridgehead atoms. The number of carbonyl (C=O) groups is 1. The summed E-state index contributed by atoms with van der Waals surface area (Å²) in [5.41, 5.74) is 1.23. The summed E-state index contributed by atoms with van der Waals surface area (Å²) >= 11 is 0. The SMILES string of the molecule is CC(O)c1ccccc1NC(=O)CC1CCS(=O)(=O)C1. The number of hydrogen-bond donors (Lipinski definition) is 2. The first kappa shape index (κ1) is 15.0. The van der Waals surface area contributed by atoms with E-state index in [1.165, 1.54) is 0 Å². The average molecular weight is 297 g/mol. The summed E-state index contributed by atoms with van der Waals surface area (Å²) in [6.07, 6.45) is 0.0830. The van der Waals surface area contributed by atoms with Gasteiger partial charge in [-0.2, -0.15) is 0 Å². The van der Waals surface area contributed by atoms with Crippen molar-refractivity contribution in [1.29, 1.82) is 0 Å². The summed E-state index contributed by atoms with van der Waals surface area (Å²) in [4.78, 5) is 12.0. The van der Waals surface area contributed by atoms with Crippen LogP contribution < -0.4 is 5.32 Å². The van der Waals surface area contributed by atoms with Crippen molar-refractivity contribution in [3.05, 3.63) is 29.8 Å². The van der Waals surface area contributed by atoms with Crippen LogP contribution in [0.5, 0.6) is 0 Å². The number of aliphatic hydroxyl groups excluding tert-OH is 1. The van der Waals surface area contributed by atoms with E-state index in [4.69, 9.17) is 0 Å². The Balaban J connectivity index is 1.99. The molecular formula is C14H19NO4S. The Bertz CT molecular complexity index is 595. The lowest BCUT2D eigenvalue weighted by molar-refractivity contribution is -0.116. The van der Waals surface area contributed by atoms with Crippen molar-refractivity contribution in [2.75, 3.05) is 16.8 Å². The summed E-state index contributed by atoms with van der Waals surface area (Å²) in [6.45, 7) is 1.63. The number of sulfone groups is 1. The van der Waals surface area contributed by atoms with Crippen molar-refractivity contribution in [1.82, 2.24) is 0 Å². The third kappa shape index (κ3) is 3.80. The van der Waals surface area contributed by atoms with Crippen LogP contribution in [-0.2, 0) is 14.6 Å². The second-order valence-electron chi connectivity index (χ2n) is 5.28. The van der Waals surface area contributed by atoms with Gasteiger partial charge in [0.1, 0.15) is 0 Å². The minimum Gasteiger partial charge on any atom is -0.389 e. The van der Waals surface area contributed by atoms with Crippen LogP contribution in [-0.4, -0.2) is 30.9 Å². The molecule has 0 radical (unpaired) electrons. The smallest absolute Gasteiger partial charge is 0.224 e. The van der Waals surface area contributed by atoms with Crippen LogP contribution in [0.1, 0.15) is 31.4 Å². The van der Waals surface area contributed by atoms with Crippen molar-refractivity contribution in [3.8, 4) is 0 Å². The Labute approximate surface area is 118 Å². The topological polar surface area (TPSA) is 83.5 Å². The monoisotopic (exact) mass is 297 g/mol. The minimum atomic E-state index is -2.96. The van der Waals surface area contributed by atoms with E-state index in [0.29, 0.717) is 17.7 Å². The molecule has 110 valence electrons. The highest BCUT2D eigenvalue weighted by Gasteiger charge is 2.29. The van der Waals surface area contributed by atoms with E-state index in [1.54, 1.807) is 31.2 Å². The molecule has 1 heterocycles. The normalized spacial score (nSPS) is 22.4. The van der Waals surface area contributed by atoms with Gasteiger partial charge in [0, 0.05) is 17.7 Å². The second-order valence-corrected chi connectivity index (χ2v) is 7.51. The Morgan fingerprint density at radius 3 is 2.75 bits per heavy atom. The molecule has 6 heteroatoms. The summed E-state index contributed by atoms with van der Waals surface area (Å²) < 4.78 is 22.7. The summed E-state index contributed by atoms with van der Waals surface area (Å²) in [7, 11) is -2.96. The molecule has 1 aliphatic rings. The first-order chi connectivity index (χ1) is 9.37. The standard InChI is InChI=1S/C14H19NO4S/c1-10(16)12-4-2-3-5-13(12)15-14(17)8-11-6-7-20(18,19)9-11/h2-5,10-11,16H,6-9H2,1H3,(H,15,17). The molecule has 20 heavy (non-hydrogen) atoms. The number of hydrogen-bond acceptors (Lipinski definition) is 4. The maximum absolute atomic E-state index is 12.0. The van der Waals surface area contributed by atoms with Crippen molar-refractivity contribution in [2.24, 2.45) is 5.92 Å². The van der Waals surface area contributed by atoms with Crippen molar-refractivity contribution in [3.63, 3.8) is 0 Å². The number of anilines is 1. The van der Waals surface area contributed by atoms with Crippen LogP contribution in [0.3, 0.4) is 0 Å². The van der Waals surface area contributed by atoms with Gasteiger partial charge in [-0.05, 0) is 25.3 Å². The van der Waals surface area contributed by atoms with Crippen molar-refractivity contribution in [2.45, 2.75) is 25.9 Å². The predicted molar refractivity (Wildman–Crippen MR) is 77.1 cm³/mol. The number of carbonyl (C=O) groups excluding carboxylic acids is 1. The van der Waals surface area contributed by atoms with Gasteiger partial charge in [0.2, 0.25) is 5.91 Å². The van der Waals surface area contributed by atoms with Crippen LogP contribution >= 0.6 is 0 Å². The summed E-state index contributed by atoms with van der Waals surface area (Å²) in [6, 6.07) is 7.05. The number of nitrogens with one attached hydrogen (secondary N) is 1. The molecule has 2 rings (SSSR count). The fraction of sp³-hybridized carbons (Fsp3) is 0.500. The van der Waals surface area contributed by atoms with Gasteiger partial charge in [-0.15, -0.1) is 0 Å². The molecule has 1 amide bonds. The zero-order valence-corrected chi connectivity index (χ0v) is 12.2. The van der Waals surface area contributed by atoms with E-state index in [-0.39, 0.29) is 29.8 Å². The van der Waals surface area contributed by atoms with E-state index < -0.39 is 15.9 Å². The maximum Gasteiger partial charge on any atom is 0.224 e. The van der Waals surface area contributed by atoms with Crippen LogP contribution in [0.15, 0.2) is 24.3 Å². The predicted octanol–water partition coefficient (Wildman–Crippen LogP) is 1.50. The molecule has 1 aliphatic heterocycles. The lowest BCUT2D eigenvalue weighted by atomic mass is 10.0. The van der Waals surface area contributed by atoms with Crippen molar-refractivity contribution >= 4 is 21.4 Å². The molecule has 5 nitrogen and oxygen atoms in total. The number of benzene rings is 1.